The SMILES string of the molecule is CN1Cc2c(Cl)cc(Cl)cc2C(c2cccc(S(=O)(=O)CCCOCCOCCOCCOCCOCCOCCOCCOCCOCCOCCN)c2)C1.CN1Cc2c(Cl)cc(Cl)cc2C(c2cccc(S(=O)(=O)CCCOCCOCCOCCOCCOCCOCCOCCOCCOCCOCCN=[N+]=[N-])c2)C1.CP(C)C. The molecular weight excluding hydrogens is 1680 g/mol. The van der Waals surface area contributed by atoms with Crippen molar-refractivity contribution in [1.82, 2.24) is 9.80 Å². The van der Waals surface area contributed by atoms with Gasteiger partial charge in [0.1, 0.15) is 0 Å². The van der Waals surface area contributed by atoms with Crippen LogP contribution in [0.15, 0.2) is 87.7 Å². The van der Waals surface area contributed by atoms with Crippen molar-refractivity contribution in [1.29, 1.82) is 0 Å². The Bertz CT molecular complexity index is 3490. The van der Waals surface area contributed by atoms with Gasteiger partial charge < -0.3 is 110 Å². The molecule has 4 aromatic carbocycles. The summed E-state index contributed by atoms with van der Waals surface area (Å²) < 4.78 is 162. The van der Waals surface area contributed by atoms with Crippen LogP contribution < -0.4 is 5.73 Å². The zero-order valence-corrected chi connectivity index (χ0v) is 75.4. The van der Waals surface area contributed by atoms with E-state index in [2.05, 4.69) is 39.8 Å². The molecule has 2 aliphatic heterocycles. The minimum Gasteiger partial charge on any atom is -0.379 e. The number of ether oxygens (including phenoxy) is 20. The third-order valence-electron chi connectivity index (χ3n) is 17.0. The minimum atomic E-state index is -3.49. The second-order valence-corrected chi connectivity index (χ2v) is 35.8. The fourth-order valence-corrected chi connectivity index (χ4v) is 15.3. The van der Waals surface area contributed by atoms with Gasteiger partial charge in [-0.2, -0.15) is 0 Å². The van der Waals surface area contributed by atoms with Gasteiger partial charge in [-0.25, -0.2) is 16.8 Å². The fraction of sp³-hybridized carbons (Fsp3) is 0.704. The number of benzene rings is 4. The highest BCUT2D eigenvalue weighted by Gasteiger charge is 2.30. The molecular formula is C81H131Cl4N6O24PS2. The molecule has 0 aliphatic carbocycles. The van der Waals surface area contributed by atoms with E-state index in [0.717, 1.165) is 46.5 Å². The minimum absolute atomic E-state index is 0.00760. The van der Waals surface area contributed by atoms with Gasteiger partial charge >= 0.3 is 0 Å². The predicted molar refractivity (Wildman–Crippen MR) is 460 cm³/mol. The second-order valence-electron chi connectivity index (χ2n) is 27.2. The maximum absolute atomic E-state index is 13.2. The first-order valence-corrected chi connectivity index (χ1v) is 47.7. The van der Waals surface area contributed by atoms with Crippen molar-refractivity contribution in [2.45, 2.75) is 47.6 Å². The molecule has 4 aromatic rings. The monoisotopic (exact) mass is 1810 g/mol. The molecule has 2 unspecified atom stereocenters. The molecule has 0 saturated carbocycles. The maximum atomic E-state index is 13.2. The van der Waals surface area contributed by atoms with Crippen LogP contribution in [-0.2, 0) is 128 Å². The lowest BCUT2D eigenvalue weighted by atomic mass is 9.85. The van der Waals surface area contributed by atoms with Crippen LogP contribution >= 0.6 is 54.3 Å². The number of hydrogen-bond donors (Lipinski definition) is 1. The van der Waals surface area contributed by atoms with Gasteiger partial charge in [0.2, 0.25) is 0 Å². The van der Waals surface area contributed by atoms with Crippen molar-refractivity contribution in [3.63, 3.8) is 0 Å². The third kappa shape index (κ3) is 51.9. The molecule has 674 valence electrons. The average Bonchev–Trinajstić information content (AvgIpc) is 0.778. The Labute approximate surface area is 722 Å². The van der Waals surface area contributed by atoms with E-state index in [9.17, 15) is 16.8 Å². The van der Waals surface area contributed by atoms with Gasteiger partial charge in [0.05, 0.1) is 272 Å². The van der Waals surface area contributed by atoms with Crippen LogP contribution in [-0.4, -0.2) is 363 Å². The molecule has 2 N–H and O–H groups in total. The number of fused-ring (bicyclic) bond motifs is 2. The van der Waals surface area contributed by atoms with Crippen LogP contribution in [0.2, 0.25) is 20.1 Å². The Kier molecular flexibility index (Phi) is 63.5. The summed E-state index contributed by atoms with van der Waals surface area (Å²) in [6.45, 7) is 28.7. The first kappa shape index (κ1) is 107. The molecule has 0 aromatic heterocycles. The zero-order chi connectivity index (χ0) is 85.2. The molecule has 2 atom stereocenters. The number of sulfone groups is 2. The summed E-state index contributed by atoms with van der Waals surface area (Å²) >= 11 is 25.7. The standard InChI is InChI=1S/C39H60Cl2N4O12S.C39H62Cl2N2O12S.C3H9P/c1-45-31-37(36-29-34(40)30-39(41)38(36)32-45)33-4-2-5-35(28-33)58(46,47)27-3-7-48-9-11-50-13-15-52-17-19-54-21-23-56-25-26-57-24-22-55-20-18-53-16-14-51-12-10-49-8-6-43-44-42;1-43-31-37(36-29-34(40)30-39(41)38(36)32-43)33-4-2-5-35(28-33)56(44,45)27-3-7-46-9-11-48-13-15-50-17-19-52-21-23-54-25-26-55-24-22-53-20-18-51-16-14-49-12-10-47-8-6-42;1-4(2)3/h2,4-5,28-30,37H,3,6-27,31-32H2,1H3;2,4-5,28-30,37H,3,6-27,31-32,42H2,1H3;1-3H3. The zero-order valence-electron chi connectivity index (χ0n) is 69.8. The Morgan fingerprint density at radius 1 is 0.381 bits per heavy atom. The first-order chi connectivity index (χ1) is 57.4. The van der Waals surface area contributed by atoms with Crippen molar-refractivity contribution in [2.75, 3.05) is 336 Å². The van der Waals surface area contributed by atoms with Crippen LogP contribution in [0, 0.1) is 0 Å². The van der Waals surface area contributed by atoms with Crippen LogP contribution in [0.3, 0.4) is 0 Å². The van der Waals surface area contributed by atoms with Crippen LogP contribution in [0.25, 0.3) is 10.4 Å². The summed E-state index contributed by atoms with van der Waals surface area (Å²) in [5.74, 6) is -0.0941. The summed E-state index contributed by atoms with van der Waals surface area (Å²) in [7, 11) is -2.55. The largest absolute Gasteiger partial charge is 0.379 e. The van der Waals surface area contributed by atoms with Crippen molar-refractivity contribution < 1.29 is 112 Å². The molecule has 0 spiro atoms. The maximum Gasteiger partial charge on any atom is 0.178 e. The van der Waals surface area contributed by atoms with E-state index in [4.69, 9.17) is 152 Å². The normalized spacial score (nSPS) is 14.4. The van der Waals surface area contributed by atoms with E-state index < -0.39 is 19.7 Å². The molecule has 0 fully saturated rings. The van der Waals surface area contributed by atoms with Gasteiger partial charge in [-0.15, -0.1) is 7.92 Å². The van der Waals surface area contributed by atoms with Crippen LogP contribution in [0.5, 0.6) is 0 Å². The average molecular weight is 1810 g/mol. The Morgan fingerprint density at radius 2 is 0.619 bits per heavy atom. The highest BCUT2D eigenvalue weighted by Crippen LogP contribution is 2.41. The Balaban J connectivity index is 0.000000475. The van der Waals surface area contributed by atoms with Gasteiger partial charge in [0.25, 0.3) is 0 Å². The van der Waals surface area contributed by atoms with E-state index in [1.165, 1.54) is 0 Å². The molecule has 0 saturated heterocycles. The van der Waals surface area contributed by atoms with E-state index in [-0.39, 0.29) is 23.3 Å². The quantitative estimate of drug-likeness (QED) is 0.0141. The lowest BCUT2D eigenvalue weighted by Crippen LogP contribution is -2.31. The van der Waals surface area contributed by atoms with Gasteiger partial charge in [-0.3, -0.25) is 0 Å². The van der Waals surface area contributed by atoms with E-state index in [1.807, 2.05) is 38.4 Å². The summed E-state index contributed by atoms with van der Waals surface area (Å²) in [5, 5.41) is 5.77. The van der Waals surface area contributed by atoms with Crippen LogP contribution in [0.1, 0.15) is 58.1 Å². The molecule has 0 radical (unpaired) electrons. The third-order valence-corrected chi connectivity index (χ3v) is 21.7. The molecule has 0 amide bonds. The lowest BCUT2D eigenvalue weighted by Gasteiger charge is -2.33. The van der Waals surface area contributed by atoms with Crippen molar-refractivity contribution in [2.24, 2.45) is 10.8 Å². The van der Waals surface area contributed by atoms with E-state index >= 15 is 0 Å². The Hall–Kier alpha value is -3.24. The highest BCUT2D eigenvalue weighted by atomic mass is 35.5. The van der Waals surface area contributed by atoms with Gasteiger partial charge in [-0.05, 0) is 134 Å². The van der Waals surface area contributed by atoms with Gasteiger partial charge in [0, 0.05) is 89.3 Å². The number of halogens is 4. The number of nitrogens with zero attached hydrogens (tertiary/aromatic N) is 5. The predicted octanol–water partition coefficient (Wildman–Crippen LogP) is 10.4. The number of nitrogens with two attached hydrogens (primary N) is 1. The van der Waals surface area contributed by atoms with Crippen molar-refractivity contribution in [3.8, 4) is 0 Å². The molecule has 2 aliphatic rings. The number of hydrogen-bond acceptors (Lipinski definition) is 28. The second kappa shape index (κ2) is 70.0. The van der Waals surface area contributed by atoms with Gasteiger partial charge in [-0.1, -0.05) is 75.8 Å². The molecule has 0 bridgehead atoms. The summed E-state index contributed by atoms with van der Waals surface area (Å²) in [6.07, 6.45) is 0.760. The number of rotatable bonds is 71. The van der Waals surface area contributed by atoms with Crippen molar-refractivity contribution >= 4 is 74.0 Å². The smallest absolute Gasteiger partial charge is 0.178 e. The fourth-order valence-electron chi connectivity index (χ4n) is 11.4. The first-order valence-electron chi connectivity index (χ1n) is 40.2. The molecule has 2 heterocycles. The van der Waals surface area contributed by atoms with E-state index in [1.54, 1.807) is 48.5 Å². The topological polar surface area (TPSA) is 334 Å². The van der Waals surface area contributed by atoms with Gasteiger partial charge in [0.15, 0.2) is 19.7 Å². The number of likely N-dealkylation sites (N-methyl/N-ethyl adjacent to an activating group) is 2. The summed E-state index contributed by atoms with van der Waals surface area (Å²) in [4.78, 5) is 7.61. The molecule has 6 rings (SSSR count). The highest BCUT2D eigenvalue weighted by molar-refractivity contribution is 7.91. The molecule has 118 heavy (non-hydrogen) atoms. The van der Waals surface area contributed by atoms with Crippen LogP contribution in [0.4, 0.5) is 0 Å². The summed E-state index contributed by atoms with van der Waals surface area (Å²) in [6, 6.07) is 21.7. The van der Waals surface area contributed by atoms with Crippen molar-refractivity contribution in [3.05, 3.63) is 137 Å². The number of azide groups is 1. The Morgan fingerprint density at radius 3 is 0.864 bits per heavy atom. The molecule has 37 heteroatoms. The molecule has 30 nitrogen and oxygen atoms in total. The summed E-state index contributed by atoms with van der Waals surface area (Å²) in [5.41, 5.74) is 19.5. The lowest BCUT2D eigenvalue weighted by molar-refractivity contribution is -0.0263. The van der Waals surface area contributed by atoms with E-state index in [0.29, 0.717) is 341 Å².